The van der Waals surface area contributed by atoms with Crippen LogP contribution in [0, 0.1) is 5.92 Å². The third-order valence-electron chi connectivity index (χ3n) is 5.84. The van der Waals surface area contributed by atoms with Gasteiger partial charge in [-0.2, -0.15) is 4.31 Å². The van der Waals surface area contributed by atoms with Gasteiger partial charge in [-0.05, 0) is 25.0 Å². The van der Waals surface area contributed by atoms with E-state index in [0.717, 1.165) is 0 Å². The first-order valence-electron chi connectivity index (χ1n) is 10.6. The Hall–Kier alpha value is -2.73. The molecule has 0 saturated carbocycles. The maximum absolute atomic E-state index is 13.3. The normalized spacial score (nSPS) is 16.6. The van der Waals surface area contributed by atoms with E-state index in [9.17, 15) is 18.0 Å². The molecule has 35 heavy (non-hydrogen) atoms. The number of amides is 2. The van der Waals surface area contributed by atoms with Gasteiger partial charge in [-0.15, -0.1) is 0 Å². The molecule has 0 bridgehead atoms. The molecule has 2 aromatic carbocycles. The predicted molar refractivity (Wildman–Crippen MR) is 130 cm³/mol. The van der Waals surface area contributed by atoms with Crippen molar-refractivity contribution >= 4 is 56.4 Å². The summed E-state index contributed by atoms with van der Waals surface area (Å²) in [4.78, 5) is 24.3. The van der Waals surface area contributed by atoms with Gasteiger partial charge in [-0.1, -0.05) is 23.2 Å². The fraction of sp³-hybridized carbons (Fsp3) is 0.364. The summed E-state index contributed by atoms with van der Waals surface area (Å²) in [5.41, 5.74) is 0.709. The average Bonchev–Trinajstić information content (AvgIpc) is 2.83. The summed E-state index contributed by atoms with van der Waals surface area (Å²) in [6, 6.07) is 5.78. The van der Waals surface area contributed by atoms with Crippen molar-refractivity contribution < 1.29 is 32.2 Å². The molecule has 2 amide bonds. The molecule has 2 aromatic rings. The predicted octanol–water partition coefficient (Wildman–Crippen LogP) is 3.38. The number of hydrogen-bond acceptors (Lipinski definition) is 7. The number of nitrogens with zero attached hydrogens (tertiary/aromatic N) is 1. The van der Waals surface area contributed by atoms with Crippen LogP contribution in [0.1, 0.15) is 12.8 Å². The maximum Gasteiger partial charge on any atom is 0.262 e. The highest BCUT2D eigenvalue weighted by atomic mass is 35.5. The van der Waals surface area contributed by atoms with Crippen LogP contribution in [0.3, 0.4) is 0 Å². The summed E-state index contributed by atoms with van der Waals surface area (Å²) < 4.78 is 43.6. The van der Waals surface area contributed by atoms with Gasteiger partial charge in [0.1, 0.15) is 22.1 Å². The molecule has 188 valence electrons. The van der Waals surface area contributed by atoms with Gasteiger partial charge in [0.15, 0.2) is 6.61 Å². The lowest BCUT2D eigenvalue weighted by Crippen LogP contribution is -2.41. The number of nitrogens with one attached hydrogen (secondary N) is 2. The summed E-state index contributed by atoms with van der Waals surface area (Å²) in [5.74, 6) is 0.00355. The summed E-state index contributed by atoms with van der Waals surface area (Å²) in [5, 5.41) is 5.69. The van der Waals surface area contributed by atoms with Crippen molar-refractivity contribution in [1.29, 1.82) is 0 Å². The first-order chi connectivity index (χ1) is 16.6. The second-order valence-electron chi connectivity index (χ2n) is 7.97. The van der Waals surface area contributed by atoms with Crippen LogP contribution >= 0.6 is 23.2 Å². The zero-order valence-electron chi connectivity index (χ0n) is 18.9. The molecule has 1 fully saturated rings. The first-order valence-corrected chi connectivity index (χ1v) is 12.8. The highest BCUT2D eigenvalue weighted by Gasteiger charge is 2.34. The molecule has 10 nitrogen and oxygen atoms in total. The van der Waals surface area contributed by atoms with E-state index in [1.165, 1.54) is 30.7 Å². The van der Waals surface area contributed by atoms with Crippen LogP contribution in [0.25, 0.3) is 0 Å². The highest BCUT2D eigenvalue weighted by molar-refractivity contribution is 7.89. The van der Waals surface area contributed by atoms with E-state index in [4.69, 9.17) is 37.4 Å². The molecule has 0 atom stereocenters. The smallest absolute Gasteiger partial charge is 0.262 e. The van der Waals surface area contributed by atoms with Crippen LogP contribution in [0.5, 0.6) is 17.2 Å². The van der Waals surface area contributed by atoms with Gasteiger partial charge in [-0.25, -0.2) is 8.42 Å². The van der Waals surface area contributed by atoms with Gasteiger partial charge in [-0.3, -0.25) is 9.59 Å². The third-order valence-corrected chi connectivity index (χ3v) is 8.50. The summed E-state index contributed by atoms with van der Waals surface area (Å²) in [7, 11) is -1.01. The largest absolute Gasteiger partial charge is 0.495 e. The molecular weight excluding hydrogens is 521 g/mol. The summed E-state index contributed by atoms with van der Waals surface area (Å²) in [6.07, 6.45) is 0.624. The Bertz CT molecular complexity index is 1280. The summed E-state index contributed by atoms with van der Waals surface area (Å²) in [6.45, 7) is 0.0523. The Balaban J connectivity index is 1.45. The number of fused-ring (bicyclic) bond motifs is 1. The lowest BCUT2D eigenvalue weighted by molar-refractivity contribution is -0.121. The van der Waals surface area contributed by atoms with Crippen LogP contribution < -0.4 is 24.8 Å². The Kier molecular flexibility index (Phi) is 7.32. The topological polar surface area (TPSA) is 123 Å². The van der Waals surface area contributed by atoms with Crippen molar-refractivity contribution in [3.63, 3.8) is 0 Å². The SMILES string of the molecule is COc1cc(OC)c(NC(=O)C2CCN(S(=O)(=O)c3cc4c(cc3Cl)NC(=O)CO4)CC2)cc1Cl. The lowest BCUT2D eigenvalue weighted by Gasteiger charge is -2.31. The number of halogens is 2. The first kappa shape index (κ1) is 25.4. The van der Waals surface area contributed by atoms with E-state index >= 15 is 0 Å². The molecule has 0 unspecified atom stereocenters. The van der Waals surface area contributed by atoms with Crippen LogP contribution in [-0.4, -0.2) is 58.5 Å². The molecule has 2 heterocycles. The fourth-order valence-electron chi connectivity index (χ4n) is 3.97. The number of hydrogen-bond donors (Lipinski definition) is 2. The number of benzene rings is 2. The fourth-order valence-corrected chi connectivity index (χ4v) is 6.20. The minimum absolute atomic E-state index is 0.0297. The Morgan fingerprint density at radius 2 is 1.77 bits per heavy atom. The molecule has 2 N–H and O–H groups in total. The number of piperidine rings is 1. The van der Waals surface area contributed by atoms with Crippen LogP contribution in [-0.2, 0) is 19.6 Å². The monoisotopic (exact) mass is 543 g/mol. The van der Waals surface area contributed by atoms with Crippen molar-refractivity contribution in [2.24, 2.45) is 5.92 Å². The zero-order valence-corrected chi connectivity index (χ0v) is 21.2. The zero-order chi connectivity index (χ0) is 25.3. The van der Waals surface area contributed by atoms with E-state index in [1.54, 1.807) is 12.1 Å². The number of carbonyl (C=O) groups excluding carboxylic acids is 2. The van der Waals surface area contributed by atoms with Gasteiger partial charge < -0.3 is 24.8 Å². The molecule has 1 saturated heterocycles. The number of rotatable bonds is 6. The molecular formula is C22H23Cl2N3O7S. The van der Waals surface area contributed by atoms with Crippen molar-refractivity contribution in [3.8, 4) is 17.2 Å². The third kappa shape index (κ3) is 5.13. The van der Waals surface area contributed by atoms with E-state index in [0.29, 0.717) is 40.7 Å². The van der Waals surface area contributed by atoms with E-state index in [1.807, 2.05) is 0 Å². The Morgan fingerprint density at radius 3 is 2.43 bits per heavy atom. The van der Waals surface area contributed by atoms with Gasteiger partial charge >= 0.3 is 0 Å². The standard InChI is InChI=1S/C22H23Cl2N3O7S/c1-32-17-9-18(33-2)15(7-13(17)23)26-22(29)12-3-5-27(6-4-12)35(30,31)20-10-19-16(8-14(20)24)25-21(28)11-34-19/h7-10,12H,3-6,11H2,1-2H3,(H,25,28)(H,26,29). The van der Waals surface area contributed by atoms with Gasteiger partial charge in [0.25, 0.3) is 5.91 Å². The lowest BCUT2D eigenvalue weighted by atomic mass is 9.97. The average molecular weight is 544 g/mol. The van der Waals surface area contributed by atoms with E-state index < -0.39 is 15.9 Å². The van der Waals surface area contributed by atoms with Crippen molar-refractivity contribution in [3.05, 3.63) is 34.3 Å². The highest BCUT2D eigenvalue weighted by Crippen LogP contribution is 2.39. The van der Waals surface area contributed by atoms with Crippen LogP contribution in [0.4, 0.5) is 11.4 Å². The Morgan fingerprint density at radius 1 is 1.09 bits per heavy atom. The number of anilines is 2. The van der Waals surface area contributed by atoms with E-state index in [2.05, 4.69) is 10.6 Å². The number of sulfonamides is 1. The summed E-state index contributed by atoms with van der Waals surface area (Å²) >= 11 is 12.4. The van der Waals surface area contributed by atoms with Crippen molar-refractivity contribution in [1.82, 2.24) is 4.31 Å². The van der Waals surface area contributed by atoms with Crippen molar-refractivity contribution in [2.75, 3.05) is 44.5 Å². The maximum atomic E-state index is 13.3. The van der Waals surface area contributed by atoms with Crippen molar-refractivity contribution in [2.45, 2.75) is 17.7 Å². The minimum Gasteiger partial charge on any atom is -0.495 e. The van der Waals surface area contributed by atoms with Gasteiger partial charge in [0.2, 0.25) is 15.9 Å². The van der Waals surface area contributed by atoms with Crippen LogP contribution in [0.2, 0.25) is 10.0 Å². The quantitative estimate of drug-likeness (QED) is 0.572. The molecule has 2 aliphatic rings. The minimum atomic E-state index is -3.95. The molecule has 4 rings (SSSR count). The molecule has 13 heteroatoms. The molecule has 0 aliphatic carbocycles. The number of carbonyl (C=O) groups is 2. The second kappa shape index (κ2) is 10.1. The second-order valence-corrected chi connectivity index (χ2v) is 10.7. The molecule has 2 aliphatic heterocycles. The number of methoxy groups -OCH3 is 2. The van der Waals surface area contributed by atoms with E-state index in [-0.39, 0.29) is 47.2 Å². The molecule has 0 radical (unpaired) electrons. The Labute approximate surface area is 212 Å². The molecule has 0 aromatic heterocycles. The van der Waals surface area contributed by atoms with Gasteiger partial charge in [0.05, 0.1) is 35.6 Å². The van der Waals surface area contributed by atoms with Gasteiger partial charge in [0, 0.05) is 31.1 Å². The van der Waals surface area contributed by atoms with Crippen LogP contribution in [0.15, 0.2) is 29.2 Å². The number of ether oxygens (including phenoxy) is 3. The molecule has 0 spiro atoms.